The predicted molar refractivity (Wildman–Crippen MR) is 87.5 cm³/mol. The molecule has 1 aromatic carbocycles. The number of hydrogen-bond donors (Lipinski definition) is 1. The van der Waals surface area contributed by atoms with Crippen molar-refractivity contribution < 1.29 is 19.3 Å². The molecule has 1 atom stereocenters. The van der Waals surface area contributed by atoms with Crippen molar-refractivity contribution in [1.82, 2.24) is 0 Å². The van der Waals surface area contributed by atoms with Gasteiger partial charge in [0.2, 0.25) is 0 Å². The van der Waals surface area contributed by atoms with E-state index in [4.69, 9.17) is 14.2 Å². The zero-order valence-corrected chi connectivity index (χ0v) is 13.7. The molecule has 0 aliphatic carbocycles. The second-order valence-electron chi connectivity index (χ2n) is 5.15. The van der Waals surface area contributed by atoms with E-state index in [2.05, 4.69) is 6.58 Å². The van der Waals surface area contributed by atoms with E-state index in [0.29, 0.717) is 39.3 Å². The van der Waals surface area contributed by atoms with E-state index in [0.717, 1.165) is 11.1 Å². The van der Waals surface area contributed by atoms with Gasteiger partial charge in [-0.1, -0.05) is 42.5 Å². The highest BCUT2D eigenvalue weighted by Gasteiger charge is 2.13. The lowest BCUT2D eigenvalue weighted by Crippen LogP contribution is -2.21. The minimum atomic E-state index is -0.555. The van der Waals surface area contributed by atoms with Crippen molar-refractivity contribution in [2.24, 2.45) is 0 Å². The maximum atomic E-state index is 10.0. The molecule has 0 fully saturated rings. The third-order valence-corrected chi connectivity index (χ3v) is 3.11. The largest absolute Gasteiger partial charge is 0.390 e. The summed E-state index contributed by atoms with van der Waals surface area (Å²) < 4.78 is 16.5. The van der Waals surface area contributed by atoms with E-state index >= 15 is 0 Å². The molecule has 0 aliphatic rings. The topological polar surface area (TPSA) is 47.9 Å². The number of ether oxygens (including phenoxy) is 3. The van der Waals surface area contributed by atoms with Gasteiger partial charge in [0.15, 0.2) is 6.29 Å². The van der Waals surface area contributed by atoms with Crippen LogP contribution in [-0.2, 0) is 20.8 Å². The molecule has 0 aromatic heterocycles. The molecule has 4 heteroatoms. The van der Waals surface area contributed by atoms with Crippen LogP contribution in [0.15, 0.2) is 42.5 Å². The molecule has 0 bridgehead atoms. The Morgan fingerprint density at radius 2 is 1.73 bits per heavy atom. The summed E-state index contributed by atoms with van der Waals surface area (Å²) in [4.78, 5) is 0. The summed E-state index contributed by atoms with van der Waals surface area (Å²) in [6.07, 6.45) is 0.253. The highest BCUT2D eigenvalue weighted by atomic mass is 16.7. The summed E-state index contributed by atoms with van der Waals surface area (Å²) >= 11 is 0. The molecule has 0 aliphatic heterocycles. The first-order valence-electron chi connectivity index (χ1n) is 7.85. The summed E-state index contributed by atoms with van der Waals surface area (Å²) in [6.45, 7) is 9.85. The SMILES string of the molecule is C=C(CC(O)COCc1ccccc1)CC(OCC)OCC. The molecule has 0 spiro atoms. The van der Waals surface area contributed by atoms with Crippen molar-refractivity contribution in [3.05, 3.63) is 48.0 Å². The number of aliphatic hydroxyl groups is 1. The van der Waals surface area contributed by atoms with Crippen molar-refractivity contribution in [3.8, 4) is 0 Å². The Bertz CT molecular complexity index is 399. The zero-order valence-electron chi connectivity index (χ0n) is 13.7. The second kappa shape index (κ2) is 11.4. The summed E-state index contributed by atoms with van der Waals surface area (Å²) in [7, 11) is 0. The Hall–Kier alpha value is -1.20. The average molecular weight is 308 g/mol. The van der Waals surface area contributed by atoms with Crippen LogP contribution in [0.5, 0.6) is 0 Å². The predicted octanol–water partition coefficient (Wildman–Crippen LogP) is 3.30. The Balaban J connectivity index is 2.22. The van der Waals surface area contributed by atoms with Gasteiger partial charge in [-0.05, 0) is 25.8 Å². The summed E-state index contributed by atoms with van der Waals surface area (Å²) in [5, 5.41) is 10.0. The van der Waals surface area contributed by atoms with Crippen molar-refractivity contribution in [1.29, 1.82) is 0 Å². The molecule has 22 heavy (non-hydrogen) atoms. The van der Waals surface area contributed by atoms with Crippen LogP contribution in [0.3, 0.4) is 0 Å². The van der Waals surface area contributed by atoms with Crippen LogP contribution in [0.25, 0.3) is 0 Å². The molecule has 0 saturated carbocycles. The summed E-state index contributed by atoms with van der Waals surface area (Å²) in [5.74, 6) is 0. The standard InChI is InChI=1S/C18H28O4/c1-4-21-18(22-5-2)12-15(3)11-17(19)14-20-13-16-9-7-6-8-10-16/h6-10,17-19H,3-5,11-14H2,1-2H3. The van der Waals surface area contributed by atoms with E-state index in [-0.39, 0.29) is 6.29 Å². The second-order valence-corrected chi connectivity index (χ2v) is 5.15. The van der Waals surface area contributed by atoms with Crippen LogP contribution in [0.2, 0.25) is 0 Å². The van der Waals surface area contributed by atoms with Gasteiger partial charge in [0, 0.05) is 19.6 Å². The Labute approximate surface area is 133 Å². The first-order chi connectivity index (χ1) is 10.7. The summed E-state index contributed by atoms with van der Waals surface area (Å²) in [5.41, 5.74) is 2.00. The zero-order chi connectivity index (χ0) is 16.2. The van der Waals surface area contributed by atoms with Crippen molar-refractivity contribution in [2.75, 3.05) is 19.8 Å². The van der Waals surface area contributed by atoms with Gasteiger partial charge in [-0.25, -0.2) is 0 Å². The van der Waals surface area contributed by atoms with E-state index in [9.17, 15) is 5.11 Å². The third-order valence-electron chi connectivity index (χ3n) is 3.11. The maximum absolute atomic E-state index is 10.0. The van der Waals surface area contributed by atoms with Gasteiger partial charge in [-0.15, -0.1) is 0 Å². The van der Waals surface area contributed by atoms with Gasteiger partial charge >= 0.3 is 0 Å². The number of rotatable bonds is 12. The molecule has 1 N–H and O–H groups in total. The van der Waals surface area contributed by atoms with E-state index in [1.807, 2.05) is 44.2 Å². The smallest absolute Gasteiger partial charge is 0.161 e. The first-order valence-corrected chi connectivity index (χ1v) is 7.85. The molecular formula is C18H28O4. The molecule has 1 unspecified atom stereocenters. The van der Waals surface area contributed by atoms with Crippen LogP contribution >= 0.6 is 0 Å². The Kier molecular flexibility index (Phi) is 9.75. The van der Waals surface area contributed by atoms with Crippen LogP contribution in [-0.4, -0.2) is 37.3 Å². The monoisotopic (exact) mass is 308 g/mol. The highest BCUT2D eigenvalue weighted by Crippen LogP contribution is 2.14. The third kappa shape index (κ3) is 8.29. The molecule has 1 rings (SSSR count). The normalized spacial score (nSPS) is 12.5. The Morgan fingerprint density at radius 1 is 1.09 bits per heavy atom. The van der Waals surface area contributed by atoms with Crippen LogP contribution in [0.1, 0.15) is 32.3 Å². The molecule has 0 amide bonds. The van der Waals surface area contributed by atoms with Gasteiger partial charge < -0.3 is 19.3 Å². The number of hydrogen-bond acceptors (Lipinski definition) is 4. The first kappa shape index (κ1) is 18.8. The molecule has 0 radical (unpaired) electrons. The number of benzene rings is 1. The van der Waals surface area contributed by atoms with Crippen molar-refractivity contribution in [2.45, 2.75) is 45.7 Å². The molecular weight excluding hydrogens is 280 g/mol. The fourth-order valence-corrected chi connectivity index (χ4v) is 2.14. The van der Waals surface area contributed by atoms with Crippen molar-refractivity contribution in [3.63, 3.8) is 0 Å². The van der Waals surface area contributed by atoms with E-state index < -0.39 is 6.10 Å². The van der Waals surface area contributed by atoms with Crippen LogP contribution in [0, 0.1) is 0 Å². The molecule has 0 heterocycles. The lowest BCUT2D eigenvalue weighted by Gasteiger charge is -2.19. The van der Waals surface area contributed by atoms with Gasteiger partial charge in [0.05, 0.1) is 19.3 Å². The lowest BCUT2D eigenvalue weighted by molar-refractivity contribution is -0.135. The van der Waals surface area contributed by atoms with Gasteiger partial charge in [0.1, 0.15) is 0 Å². The van der Waals surface area contributed by atoms with E-state index in [1.165, 1.54) is 0 Å². The quantitative estimate of drug-likeness (QED) is 0.475. The molecule has 1 aromatic rings. The van der Waals surface area contributed by atoms with Gasteiger partial charge in [0.25, 0.3) is 0 Å². The maximum Gasteiger partial charge on any atom is 0.161 e. The van der Waals surface area contributed by atoms with Gasteiger partial charge in [-0.2, -0.15) is 0 Å². The lowest BCUT2D eigenvalue weighted by atomic mass is 10.1. The fraction of sp³-hybridized carbons (Fsp3) is 0.556. The molecule has 124 valence electrons. The highest BCUT2D eigenvalue weighted by molar-refractivity contribution is 5.13. The molecule has 4 nitrogen and oxygen atoms in total. The van der Waals surface area contributed by atoms with Crippen molar-refractivity contribution >= 4 is 0 Å². The minimum absolute atomic E-state index is 0.278. The van der Waals surface area contributed by atoms with Crippen LogP contribution in [0.4, 0.5) is 0 Å². The fourth-order valence-electron chi connectivity index (χ4n) is 2.14. The van der Waals surface area contributed by atoms with Crippen LogP contribution < -0.4 is 0 Å². The molecule has 0 saturated heterocycles. The van der Waals surface area contributed by atoms with E-state index in [1.54, 1.807) is 0 Å². The average Bonchev–Trinajstić information content (AvgIpc) is 2.48. The number of aliphatic hydroxyl groups excluding tert-OH is 1. The minimum Gasteiger partial charge on any atom is -0.390 e. The van der Waals surface area contributed by atoms with Gasteiger partial charge in [-0.3, -0.25) is 0 Å². The summed E-state index contributed by atoms with van der Waals surface area (Å²) in [6, 6.07) is 9.91. The Morgan fingerprint density at radius 3 is 2.32 bits per heavy atom.